The minimum atomic E-state index is -0.0577. The molecule has 1 amide bonds. The van der Waals surface area contributed by atoms with Crippen LogP contribution in [0.1, 0.15) is 36.2 Å². The maximum Gasteiger partial charge on any atom is 0.272 e. The molecular formula is C13H17ClN2O2. The van der Waals surface area contributed by atoms with Crippen molar-refractivity contribution in [3.8, 4) is 5.88 Å². The Kier molecular flexibility index (Phi) is 4.42. The SMILES string of the molecule is COc1cc(Cl)cc(C(=O)N2CCCCCC2)n1. The molecule has 2 rings (SSSR count). The molecule has 1 aliphatic heterocycles. The minimum absolute atomic E-state index is 0.0577. The number of methoxy groups -OCH3 is 1. The average molecular weight is 269 g/mol. The van der Waals surface area contributed by atoms with Gasteiger partial charge in [-0.25, -0.2) is 4.98 Å². The molecule has 0 radical (unpaired) electrons. The topological polar surface area (TPSA) is 42.4 Å². The minimum Gasteiger partial charge on any atom is -0.481 e. The molecule has 0 spiro atoms. The highest BCUT2D eigenvalue weighted by Gasteiger charge is 2.19. The van der Waals surface area contributed by atoms with Gasteiger partial charge in [0.2, 0.25) is 5.88 Å². The molecule has 0 unspecified atom stereocenters. The van der Waals surface area contributed by atoms with Gasteiger partial charge < -0.3 is 9.64 Å². The Balaban J connectivity index is 2.18. The van der Waals surface area contributed by atoms with Gasteiger partial charge in [0, 0.05) is 24.2 Å². The number of hydrogen-bond donors (Lipinski definition) is 0. The predicted molar refractivity (Wildman–Crippen MR) is 70.2 cm³/mol. The first-order valence-electron chi connectivity index (χ1n) is 6.21. The molecular weight excluding hydrogens is 252 g/mol. The first-order valence-corrected chi connectivity index (χ1v) is 6.59. The maximum absolute atomic E-state index is 12.3. The van der Waals surface area contributed by atoms with E-state index in [9.17, 15) is 4.79 Å². The molecule has 5 heteroatoms. The van der Waals surface area contributed by atoms with E-state index in [2.05, 4.69) is 4.98 Å². The number of rotatable bonds is 2. The van der Waals surface area contributed by atoms with Gasteiger partial charge in [0.25, 0.3) is 5.91 Å². The van der Waals surface area contributed by atoms with E-state index in [1.165, 1.54) is 20.0 Å². The van der Waals surface area contributed by atoms with Gasteiger partial charge in [-0.15, -0.1) is 0 Å². The lowest BCUT2D eigenvalue weighted by molar-refractivity contribution is 0.0755. The van der Waals surface area contributed by atoms with E-state index in [1.54, 1.807) is 12.1 Å². The van der Waals surface area contributed by atoms with Crippen LogP contribution in [0, 0.1) is 0 Å². The summed E-state index contributed by atoms with van der Waals surface area (Å²) in [6.07, 6.45) is 4.50. The average Bonchev–Trinajstić information content (AvgIpc) is 2.65. The number of aromatic nitrogens is 1. The Morgan fingerprint density at radius 1 is 1.28 bits per heavy atom. The number of pyridine rings is 1. The Morgan fingerprint density at radius 2 is 1.94 bits per heavy atom. The zero-order valence-corrected chi connectivity index (χ0v) is 11.2. The second kappa shape index (κ2) is 6.05. The van der Waals surface area contributed by atoms with Crippen molar-refractivity contribution in [3.63, 3.8) is 0 Å². The maximum atomic E-state index is 12.3. The molecule has 2 heterocycles. The number of carbonyl (C=O) groups excluding carboxylic acids is 1. The highest BCUT2D eigenvalue weighted by atomic mass is 35.5. The fourth-order valence-electron chi connectivity index (χ4n) is 2.12. The van der Waals surface area contributed by atoms with Crippen molar-refractivity contribution >= 4 is 17.5 Å². The number of amides is 1. The summed E-state index contributed by atoms with van der Waals surface area (Å²) in [6, 6.07) is 3.19. The van der Waals surface area contributed by atoms with Crippen molar-refractivity contribution in [2.24, 2.45) is 0 Å². The zero-order valence-electron chi connectivity index (χ0n) is 10.5. The highest BCUT2D eigenvalue weighted by Crippen LogP contribution is 2.19. The smallest absolute Gasteiger partial charge is 0.272 e. The van der Waals surface area contributed by atoms with E-state index < -0.39 is 0 Å². The lowest BCUT2D eigenvalue weighted by Gasteiger charge is -2.19. The van der Waals surface area contributed by atoms with Gasteiger partial charge in [0.15, 0.2) is 0 Å². The molecule has 1 fully saturated rings. The van der Waals surface area contributed by atoms with Gasteiger partial charge >= 0.3 is 0 Å². The molecule has 1 aromatic rings. The van der Waals surface area contributed by atoms with Crippen LogP contribution in [0.15, 0.2) is 12.1 Å². The third-order valence-electron chi connectivity index (χ3n) is 3.09. The van der Waals surface area contributed by atoms with Crippen LogP contribution < -0.4 is 4.74 Å². The molecule has 18 heavy (non-hydrogen) atoms. The van der Waals surface area contributed by atoms with E-state index in [0.717, 1.165) is 25.9 Å². The Morgan fingerprint density at radius 3 is 2.56 bits per heavy atom. The molecule has 1 aromatic heterocycles. The molecule has 1 saturated heterocycles. The predicted octanol–water partition coefficient (Wildman–Crippen LogP) is 2.76. The molecule has 0 saturated carbocycles. The highest BCUT2D eigenvalue weighted by molar-refractivity contribution is 6.31. The largest absolute Gasteiger partial charge is 0.481 e. The van der Waals surface area contributed by atoms with Crippen LogP contribution in [-0.2, 0) is 0 Å². The van der Waals surface area contributed by atoms with Crippen molar-refractivity contribution in [1.29, 1.82) is 0 Å². The third kappa shape index (κ3) is 3.13. The van der Waals surface area contributed by atoms with Gasteiger partial charge in [-0.3, -0.25) is 4.79 Å². The standard InChI is InChI=1S/C13H17ClN2O2/c1-18-12-9-10(14)8-11(15-12)13(17)16-6-4-2-3-5-7-16/h8-9H,2-7H2,1H3. The number of carbonyl (C=O) groups is 1. The van der Waals surface area contributed by atoms with Crippen molar-refractivity contribution in [3.05, 3.63) is 22.8 Å². The van der Waals surface area contributed by atoms with Crippen LogP contribution in [0.25, 0.3) is 0 Å². The summed E-state index contributed by atoms with van der Waals surface area (Å²) in [5.41, 5.74) is 0.362. The fourth-order valence-corrected chi connectivity index (χ4v) is 2.32. The van der Waals surface area contributed by atoms with Crippen molar-refractivity contribution in [1.82, 2.24) is 9.88 Å². The summed E-state index contributed by atoms with van der Waals surface area (Å²) >= 11 is 5.95. The Labute approximate surface area is 112 Å². The number of halogens is 1. The van der Waals surface area contributed by atoms with Crippen molar-refractivity contribution in [2.75, 3.05) is 20.2 Å². The quantitative estimate of drug-likeness (QED) is 0.828. The molecule has 0 aliphatic carbocycles. The second-order valence-corrected chi connectivity index (χ2v) is 4.86. The number of nitrogens with zero attached hydrogens (tertiary/aromatic N) is 2. The Bertz CT molecular complexity index is 429. The molecule has 4 nitrogen and oxygen atoms in total. The third-order valence-corrected chi connectivity index (χ3v) is 3.31. The summed E-state index contributed by atoms with van der Waals surface area (Å²) in [7, 11) is 1.51. The molecule has 98 valence electrons. The summed E-state index contributed by atoms with van der Waals surface area (Å²) in [5.74, 6) is 0.318. The molecule has 0 N–H and O–H groups in total. The Hall–Kier alpha value is -1.29. The second-order valence-electron chi connectivity index (χ2n) is 4.42. The molecule has 0 atom stereocenters. The first-order chi connectivity index (χ1) is 8.70. The van der Waals surface area contributed by atoms with E-state index in [4.69, 9.17) is 16.3 Å². The monoisotopic (exact) mass is 268 g/mol. The van der Waals surface area contributed by atoms with Crippen LogP contribution in [0.2, 0.25) is 5.02 Å². The van der Waals surface area contributed by atoms with E-state index in [-0.39, 0.29) is 5.91 Å². The first kappa shape index (κ1) is 13.1. The van der Waals surface area contributed by atoms with Crippen LogP contribution in [0.3, 0.4) is 0 Å². The van der Waals surface area contributed by atoms with Crippen LogP contribution in [0.4, 0.5) is 0 Å². The van der Waals surface area contributed by atoms with E-state index in [0.29, 0.717) is 16.6 Å². The number of ether oxygens (including phenoxy) is 1. The van der Waals surface area contributed by atoms with Gasteiger partial charge in [-0.05, 0) is 18.9 Å². The van der Waals surface area contributed by atoms with E-state index in [1.807, 2.05) is 4.90 Å². The van der Waals surface area contributed by atoms with Crippen molar-refractivity contribution in [2.45, 2.75) is 25.7 Å². The van der Waals surface area contributed by atoms with Crippen LogP contribution in [-0.4, -0.2) is 36.0 Å². The summed E-state index contributed by atoms with van der Waals surface area (Å²) in [6.45, 7) is 1.60. The number of likely N-dealkylation sites (tertiary alicyclic amines) is 1. The summed E-state index contributed by atoms with van der Waals surface area (Å²) in [4.78, 5) is 18.3. The van der Waals surface area contributed by atoms with Gasteiger partial charge in [-0.2, -0.15) is 0 Å². The van der Waals surface area contributed by atoms with Crippen molar-refractivity contribution < 1.29 is 9.53 Å². The molecule has 0 aromatic carbocycles. The van der Waals surface area contributed by atoms with Crippen LogP contribution in [0.5, 0.6) is 5.88 Å². The summed E-state index contributed by atoms with van der Waals surface area (Å²) in [5, 5.41) is 0.472. The lowest BCUT2D eigenvalue weighted by atomic mass is 10.2. The molecule has 1 aliphatic rings. The van der Waals surface area contributed by atoms with Gasteiger partial charge in [-0.1, -0.05) is 24.4 Å². The fraction of sp³-hybridized carbons (Fsp3) is 0.538. The normalized spacial score (nSPS) is 16.2. The zero-order chi connectivity index (χ0) is 13.0. The number of hydrogen-bond acceptors (Lipinski definition) is 3. The van der Waals surface area contributed by atoms with Gasteiger partial charge in [0.1, 0.15) is 5.69 Å². The van der Waals surface area contributed by atoms with Crippen LogP contribution >= 0.6 is 11.6 Å². The lowest BCUT2D eigenvalue weighted by Crippen LogP contribution is -2.32. The molecule has 0 bridgehead atoms. The summed E-state index contributed by atoms with van der Waals surface area (Å²) < 4.78 is 5.03. The van der Waals surface area contributed by atoms with E-state index >= 15 is 0 Å². The van der Waals surface area contributed by atoms with Gasteiger partial charge in [0.05, 0.1) is 7.11 Å².